The summed E-state index contributed by atoms with van der Waals surface area (Å²) in [4.78, 5) is 49.4. The smallest absolute Gasteiger partial charge is 0.249 e. The van der Waals surface area contributed by atoms with Gasteiger partial charge in [0, 0.05) is 31.8 Å². The van der Waals surface area contributed by atoms with E-state index in [0.717, 1.165) is 18.0 Å². The second kappa shape index (κ2) is 8.73. The van der Waals surface area contributed by atoms with E-state index >= 15 is 0 Å². The van der Waals surface area contributed by atoms with Crippen molar-refractivity contribution >= 4 is 29.6 Å². The Balaban J connectivity index is 1.84. The van der Waals surface area contributed by atoms with Gasteiger partial charge in [0.25, 0.3) is 0 Å². The third-order valence-electron chi connectivity index (χ3n) is 5.93. The molecule has 3 rings (SSSR count). The summed E-state index contributed by atoms with van der Waals surface area (Å²) in [6.45, 7) is 4.11. The number of ketones is 1. The number of hydrogen-bond donors (Lipinski definition) is 1. The number of allylic oxidation sites excluding steroid dienone is 1. The van der Waals surface area contributed by atoms with E-state index in [-0.39, 0.29) is 30.2 Å². The highest BCUT2D eigenvalue weighted by Gasteiger charge is 2.53. The number of nitrogens with two attached hydrogens (primary N) is 1. The van der Waals surface area contributed by atoms with E-state index in [2.05, 4.69) is 9.98 Å². The van der Waals surface area contributed by atoms with Crippen LogP contribution in [0.5, 0.6) is 0 Å². The van der Waals surface area contributed by atoms with Crippen LogP contribution >= 0.6 is 0 Å². The topological polar surface area (TPSA) is 109 Å². The average molecular weight is 415 g/mol. The van der Waals surface area contributed by atoms with Crippen LogP contribution in [-0.4, -0.2) is 57.2 Å². The van der Waals surface area contributed by atoms with Gasteiger partial charge in [0.15, 0.2) is 11.6 Å². The molecule has 2 heterocycles. The Labute approximate surface area is 174 Å². The molecule has 30 heavy (non-hydrogen) atoms. The predicted octanol–water partition coefficient (Wildman–Crippen LogP) is 2.19. The van der Waals surface area contributed by atoms with Crippen LogP contribution in [0.15, 0.2) is 35.3 Å². The third kappa shape index (κ3) is 3.96. The van der Waals surface area contributed by atoms with Gasteiger partial charge in [-0.05, 0) is 38.3 Å². The van der Waals surface area contributed by atoms with Crippen molar-refractivity contribution < 1.29 is 18.8 Å². The van der Waals surface area contributed by atoms with Crippen molar-refractivity contribution in [1.82, 2.24) is 14.8 Å². The molecule has 1 aliphatic carbocycles. The monoisotopic (exact) mass is 415 g/mol. The summed E-state index contributed by atoms with van der Waals surface area (Å²) < 4.78 is 13.1. The van der Waals surface area contributed by atoms with E-state index in [1.54, 1.807) is 28.1 Å². The number of Topliss-reactive ketones (excluding diaryl/α,β-unsaturated/α-hetero) is 1. The summed E-state index contributed by atoms with van der Waals surface area (Å²) >= 11 is 0. The molecule has 0 unspecified atom stereocenters. The molecule has 1 spiro atoms. The molecule has 1 atom stereocenters. The highest BCUT2D eigenvalue weighted by Crippen LogP contribution is 2.39. The first-order valence-electron chi connectivity index (χ1n) is 10.0. The lowest BCUT2D eigenvalue weighted by atomic mass is 9.76. The van der Waals surface area contributed by atoms with E-state index < -0.39 is 11.4 Å². The number of carbonyl (C=O) groups excluding carboxylic acids is 3. The van der Waals surface area contributed by atoms with Crippen molar-refractivity contribution in [3.05, 3.63) is 35.9 Å². The second-order valence-electron chi connectivity index (χ2n) is 7.58. The molecule has 2 aliphatic rings. The normalized spacial score (nSPS) is 21.0. The van der Waals surface area contributed by atoms with Gasteiger partial charge < -0.3 is 15.5 Å². The third-order valence-corrected chi connectivity index (χ3v) is 5.93. The summed E-state index contributed by atoms with van der Waals surface area (Å²) in [5.41, 5.74) is 4.84. The Hall–Kier alpha value is -3.10. The molecule has 8 nitrogen and oxygen atoms in total. The van der Waals surface area contributed by atoms with Gasteiger partial charge in [0.2, 0.25) is 11.8 Å². The largest absolute Gasteiger partial charge is 0.402 e. The van der Waals surface area contributed by atoms with Crippen molar-refractivity contribution in [3.8, 4) is 0 Å². The van der Waals surface area contributed by atoms with Crippen LogP contribution in [0.25, 0.3) is 0 Å². The second-order valence-corrected chi connectivity index (χ2v) is 7.58. The molecule has 0 aromatic carbocycles. The number of hydrogen-bond acceptors (Lipinski definition) is 6. The van der Waals surface area contributed by atoms with Crippen molar-refractivity contribution in [2.75, 3.05) is 13.1 Å². The molecule has 1 saturated carbocycles. The highest BCUT2D eigenvalue weighted by molar-refractivity contribution is 5.99. The van der Waals surface area contributed by atoms with E-state index in [0.29, 0.717) is 38.0 Å². The number of halogens is 1. The lowest BCUT2D eigenvalue weighted by Crippen LogP contribution is -2.69. The fraction of sp³-hybridized carbons (Fsp3) is 0.476. The molecular formula is C21H26FN5O3. The molecule has 1 aliphatic heterocycles. The van der Waals surface area contributed by atoms with Crippen molar-refractivity contribution in [2.45, 2.75) is 51.1 Å². The van der Waals surface area contributed by atoms with Crippen molar-refractivity contribution in [1.29, 1.82) is 0 Å². The molecule has 160 valence electrons. The number of nitrogens with zero attached hydrogens (tertiary/aromatic N) is 4. The molecule has 1 saturated heterocycles. The summed E-state index contributed by atoms with van der Waals surface area (Å²) in [6.07, 6.45) is 4.65. The van der Waals surface area contributed by atoms with Gasteiger partial charge in [-0.25, -0.2) is 14.4 Å². The van der Waals surface area contributed by atoms with Gasteiger partial charge >= 0.3 is 0 Å². The average Bonchev–Trinajstić information content (AvgIpc) is 2.76. The Kier molecular flexibility index (Phi) is 6.28. The number of piperazine rings is 1. The fourth-order valence-electron chi connectivity index (χ4n) is 4.21. The van der Waals surface area contributed by atoms with Gasteiger partial charge in [-0.3, -0.25) is 14.4 Å². The summed E-state index contributed by atoms with van der Waals surface area (Å²) in [5, 5.41) is 0. The SMILES string of the molecule is CCN1C(=O)CN([C@@H](C)c2ccc(N=CC(F)=CN)nc2)C(=O)C12CCC(=O)CC2. The Morgan fingerprint density at radius 2 is 2.03 bits per heavy atom. The van der Waals surface area contributed by atoms with Gasteiger partial charge in [-0.2, -0.15) is 0 Å². The van der Waals surface area contributed by atoms with E-state index in [4.69, 9.17) is 5.73 Å². The molecule has 9 heteroatoms. The van der Waals surface area contributed by atoms with Crippen LogP contribution in [0.2, 0.25) is 0 Å². The van der Waals surface area contributed by atoms with Gasteiger partial charge in [-0.15, -0.1) is 0 Å². The fourth-order valence-corrected chi connectivity index (χ4v) is 4.21. The molecule has 1 aromatic rings. The zero-order valence-electron chi connectivity index (χ0n) is 17.2. The Bertz CT molecular complexity index is 886. The number of carbonyl (C=O) groups is 3. The number of aromatic nitrogens is 1. The minimum Gasteiger partial charge on any atom is -0.402 e. The van der Waals surface area contributed by atoms with Gasteiger partial charge in [-0.1, -0.05) is 6.07 Å². The standard InChI is InChI=1S/C21H26FN5O3/c1-3-27-19(29)13-26(20(30)21(27)8-6-17(28)7-9-21)14(2)15-4-5-18(24-11-15)25-12-16(22)10-23/h4-5,10-12,14H,3,6-9,13,23H2,1-2H3/t14-/m0/s1. The molecule has 2 amide bonds. The maximum absolute atomic E-state index is 13.5. The van der Waals surface area contributed by atoms with E-state index in [9.17, 15) is 18.8 Å². The number of rotatable bonds is 5. The molecule has 2 fully saturated rings. The first kappa shape index (κ1) is 21.6. The predicted molar refractivity (Wildman–Crippen MR) is 109 cm³/mol. The van der Waals surface area contributed by atoms with Crippen LogP contribution in [0.4, 0.5) is 10.2 Å². The lowest BCUT2D eigenvalue weighted by molar-refractivity contribution is -0.170. The minimum atomic E-state index is -0.948. The van der Waals surface area contributed by atoms with Crippen LogP contribution in [0, 0.1) is 0 Å². The summed E-state index contributed by atoms with van der Waals surface area (Å²) in [5.74, 6) is -0.493. The lowest BCUT2D eigenvalue weighted by Gasteiger charge is -2.51. The van der Waals surface area contributed by atoms with Gasteiger partial charge in [0.05, 0.1) is 12.3 Å². The zero-order valence-corrected chi connectivity index (χ0v) is 17.2. The summed E-state index contributed by atoms with van der Waals surface area (Å²) in [7, 11) is 0. The highest BCUT2D eigenvalue weighted by atomic mass is 19.1. The van der Waals surface area contributed by atoms with E-state index in [1.165, 1.54) is 0 Å². The molecule has 2 N–H and O–H groups in total. The first-order chi connectivity index (χ1) is 14.3. The van der Waals surface area contributed by atoms with Crippen LogP contribution in [0.1, 0.15) is 51.1 Å². The number of pyridine rings is 1. The van der Waals surface area contributed by atoms with Crippen molar-refractivity contribution in [3.63, 3.8) is 0 Å². The number of aliphatic imine (C=N–C) groups is 1. The molecule has 1 aromatic heterocycles. The first-order valence-corrected chi connectivity index (χ1v) is 10.0. The number of amides is 2. The molecule has 0 bridgehead atoms. The maximum atomic E-state index is 13.5. The summed E-state index contributed by atoms with van der Waals surface area (Å²) in [6, 6.07) is 2.96. The number of likely N-dealkylation sites (N-methyl/N-ethyl adjacent to an activating group) is 1. The molecular weight excluding hydrogens is 389 g/mol. The zero-order chi connectivity index (χ0) is 21.9. The van der Waals surface area contributed by atoms with Crippen LogP contribution in [-0.2, 0) is 14.4 Å². The quantitative estimate of drug-likeness (QED) is 0.742. The Morgan fingerprint density at radius 3 is 2.60 bits per heavy atom. The maximum Gasteiger partial charge on any atom is 0.249 e. The van der Waals surface area contributed by atoms with Crippen molar-refractivity contribution in [2.24, 2.45) is 10.7 Å². The molecule has 0 radical (unpaired) electrons. The minimum absolute atomic E-state index is 0.0179. The van der Waals surface area contributed by atoms with E-state index in [1.807, 2.05) is 13.8 Å². The Morgan fingerprint density at radius 1 is 1.33 bits per heavy atom. The van der Waals surface area contributed by atoms with Crippen LogP contribution < -0.4 is 5.73 Å². The van der Waals surface area contributed by atoms with Crippen LogP contribution in [0.3, 0.4) is 0 Å². The van der Waals surface area contributed by atoms with Gasteiger partial charge in [0.1, 0.15) is 17.9 Å².